The molecule has 1 amide bonds. The van der Waals surface area contributed by atoms with Crippen LogP contribution in [-0.2, 0) is 4.79 Å². The van der Waals surface area contributed by atoms with Crippen LogP contribution in [0.2, 0.25) is 0 Å². The van der Waals surface area contributed by atoms with E-state index in [4.69, 9.17) is 0 Å². The van der Waals surface area contributed by atoms with Crippen molar-refractivity contribution in [2.75, 3.05) is 0 Å². The number of amides is 1. The van der Waals surface area contributed by atoms with Crippen molar-refractivity contribution in [2.45, 2.75) is 71.3 Å². The summed E-state index contributed by atoms with van der Waals surface area (Å²) in [5.74, 6) is -0.214. The van der Waals surface area contributed by atoms with E-state index in [0.29, 0.717) is 5.56 Å². The van der Waals surface area contributed by atoms with Gasteiger partial charge >= 0.3 is 0 Å². The Labute approximate surface area is 150 Å². The van der Waals surface area contributed by atoms with E-state index in [0.717, 1.165) is 12.8 Å². The molecule has 0 radical (unpaired) electrons. The molecule has 138 valence electrons. The number of para-hydroxylation sites is 1. The standard InChI is InChI=1S/C20H30N2O3/c1-3-4-5-6-7-8-9-12-17(2)21-20(23)16-15-18-13-10-11-14-19(18)22(24)25/h10-11,13-17H,3-9,12H2,1-2H3,(H,21,23). The lowest BCUT2D eigenvalue weighted by atomic mass is 10.1. The van der Waals surface area contributed by atoms with E-state index in [-0.39, 0.29) is 17.6 Å². The van der Waals surface area contributed by atoms with Gasteiger partial charge in [-0.2, -0.15) is 0 Å². The summed E-state index contributed by atoms with van der Waals surface area (Å²) in [7, 11) is 0. The molecule has 0 fully saturated rings. The molecule has 1 unspecified atom stereocenters. The van der Waals surface area contributed by atoms with Gasteiger partial charge < -0.3 is 5.32 Å². The number of hydrogen-bond donors (Lipinski definition) is 1. The molecule has 0 aliphatic rings. The average Bonchev–Trinajstić information content (AvgIpc) is 2.59. The number of nitrogens with one attached hydrogen (secondary N) is 1. The fourth-order valence-corrected chi connectivity index (χ4v) is 2.73. The van der Waals surface area contributed by atoms with Gasteiger partial charge in [0.05, 0.1) is 10.5 Å². The van der Waals surface area contributed by atoms with Gasteiger partial charge in [-0.25, -0.2) is 0 Å². The minimum atomic E-state index is -0.444. The topological polar surface area (TPSA) is 72.2 Å². The highest BCUT2D eigenvalue weighted by Gasteiger charge is 2.10. The van der Waals surface area contributed by atoms with Crippen LogP contribution in [0, 0.1) is 10.1 Å². The summed E-state index contributed by atoms with van der Waals surface area (Å²) >= 11 is 0. The fraction of sp³-hybridized carbons (Fsp3) is 0.550. The molecule has 0 heterocycles. The van der Waals surface area contributed by atoms with Gasteiger partial charge in [0, 0.05) is 18.2 Å². The SMILES string of the molecule is CCCCCCCCCC(C)NC(=O)C=Cc1ccccc1[N+](=O)[O-]. The third-order valence-electron chi connectivity index (χ3n) is 4.18. The molecule has 0 aliphatic heterocycles. The van der Waals surface area contributed by atoms with Gasteiger partial charge in [-0.1, -0.05) is 64.0 Å². The summed E-state index contributed by atoms with van der Waals surface area (Å²) < 4.78 is 0. The maximum atomic E-state index is 11.9. The fourth-order valence-electron chi connectivity index (χ4n) is 2.73. The second-order valence-electron chi connectivity index (χ2n) is 6.47. The molecule has 0 aromatic heterocycles. The van der Waals surface area contributed by atoms with Crippen LogP contribution in [0.25, 0.3) is 6.08 Å². The predicted molar refractivity (Wildman–Crippen MR) is 102 cm³/mol. The normalized spacial score (nSPS) is 12.2. The summed E-state index contributed by atoms with van der Waals surface area (Å²) in [5.41, 5.74) is 0.435. The second-order valence-corrected chi connectivity index (χ2v) is 6.47. The molecule has 1 N–H and O–H groups in total. The third-order valence-corrected chi connectivity index (χ3v) is 4.18. The van der Waals surface area contributed by atoms with E-state index < -0.39 is 4.92 Å². The second kappa shape index (κ2) is 12.2. The van der Waals surface area contributed by atoms with Gasteiger partial charge in [0.25, 0.3) is 5.69 Å². The molecule has 0 aliphatic carbocycles. The molecular weight excluding hydrogens is 316 g/mol. The smallest absolute Gasteiger partial charge is 0.276 e. The van der Waals surface area contributed by atoms with Crippen LogP contribution >= 0.6 is 0 Å². The first-order valence-electron chi connectivity index (χ1n) is 9.26. The minimum Gasteiger partial charge on any atom is -0.350 e. The van der Waals surface area contributed by atoms with Crippen molar-refractivity contribution < 1.29 is 9.72 Å². The maximum absolute atomic E-state index is 11.9. The number of benzene rings is 1. The Morgan fingerprint density at radius 1 is 1.16 bits per heavy atom. The number of rotatable bonds is 12. The van der Waals surface area contributed by atoms with Crippen molar-refractivity contribution >= 4 is 17.7 Å². The van der Waals surface area contributed by atoms with Gasteiger partial charge in [-0.05, 0) is 25.5 Å². The average molecular weight is 346 g/mol. The van der Waals surface area contributed by atoms with Crippen molar-refractivity contribution in [1.29, 1.82) is 0 Å². The number of nitro benzene ring substituents is 1. The highest BCUT2D eigenvalue weighted by atomic mass is 16.6. The number of unbranched alkanes of at least 4 members (excludes halogenated alkanes) is 6. The van der Waals surface area contributed by atoms with Crippen LogP contribution in [0.15, 0.2) is 30.3 Å². The summed E-state index contributed by atoms with van der Waals surface area (Å²) in [5, 5.41) is 13.9. The van der Waals surface area contributed by atoms with Crippen molar-refractivity contribution in [1.82, 2.24) is 5.32 Å². The van der Waals surface area contributed by atoms with E-state index in [1.807, 2.05) is 6.92 Å². The van der Waals surface area contributed by atoms with Gasteiger partial charge in [-0.15, -0.1) is 0 Å². The van der Waals surface area contributed by atoms with Gasteiger partial charge in [0.1, 0.15) is 0 Å². The van der Waals surface area contributed by atoms with Crippen molar-refractivity contribution in [3.05, 3.63) is 46.0 Å². The molecular formula is C20H30N2O3. The zero-order chi connectivity index (χ0) is 18.5. The van der Waals surface area contributed by atoms with Crippen LogP contribution in [-0.4, -0.2) is 16.9 Å². The molecule has 1 aromatic rings. The molecule has 0 bridgehead atoms. The van der Waals surface area contributed by atoms with Crippen LogP contribution in [0.3, 0.4) is 0 Å². The highest BCUT2D eigenvalue weighted by Crippen LogP contribution is 2.18. The van der Waals surface area contributed by atoms with Gasteiger partial charge in [0.2, 0.25) is 5.91 Å². The Hall–Kier alpha value is -2.17. The Morgan fingerprint density at radius 3 is 2.48 bits per heavy atom. The van der Waals surface area contributed by atoms with E-state index in [2.05, 4.69) is 12.2 Å². The first-order chi connectivity index (χ1) is 12.0. The zero-order valence-electron chi connectivity index (χ0n) is 15.4. The summed E-state index contributed by atoms with van der Waals surface area (Å²) in [6.45, 7) is 4.21. The highest BCUT2D eigenvalue weighted by molar-refractivity contribution is 5.92. The van der Waals surface area contributed by atoms with Crippen LogP contribution in [0.1, 0.15) is 70.8 Å². The molecule has 0 saturated carbocycles. The largest absolute Gasteiger partial charge is 0.350 e. The molecule has 0 saturated heterocycles. The van der Waals surface area contributed by atoms with Crippen molar-refractivity contribution in [3.63, 3.8) is 0 Å². The van der Waals surface area contributed by atoms with Crippen molar-refractivity contribution in [2.24, 2.45) is 0 Å². The Bertz CT molecular complexity index is 570. The molecule has 1 rings (SSSR count). The Kier molecular flexibility index (Phi) is 10.2. The summed E-state index contributed by atoms with van der Waals surface area (Å²) in [6, 6.07) is 6.50. The molecule has 0 spiro atoms. The molecule has 5 nitrogen and oxygen atoms in total. The maximum Gasteiger partial charge on any atom is 0.276 e. The Morgan fingerprint density at radius 2 is 1.80 bits per heavy atom. The predicted octanol–water partition coefficient (Wildman–Crippen LogP) is 5.25. The summed E-state index contributed by atoms with van der Waals surface area (Å²) in [4.78, 5) is 22.4. The van der Waals surface area contributed by atoms with E-state index in [1.54, 1.807) is 18.2 Å². The first-order valence-corrected chi connectivity index (χ1v) is 9.26. The van der Waals surface area contributed by atoms with Crippen LogP contribution in [0.4, 0.5) is 5.69 Å². The lowest BCUT2D eigenvalue weighted by molar-refractivity contribution is -0.385. The Balaban J connectivity index is 2.30. The van der Waals surface area contributed by atoms with E-state index in [9.17, 15) is 14.9 Å². The lowest BCUT2D eigenvalue weighted by Crippen LogP contribution is -2.30. The number of hydrogen-bond acceptors (Lipinski definition) is 3. The zero-order valence-corrected chi connectivity index (χ0v) is 15.4. The quantitative estimate of drug-likeness (QED) is 0.243. The van der Waals surface area contributed by atoms with Crippen molar-refractivity contribution in [3.8, 4) is 0 Å². The number of carbonyl (C=O) groups excluding carboxylic acids is 1. The molecule has 25 heavy (non-hydrogen) atoms. The van der Waals surface area contributed by atoms with Gasteiger partial charge in [0.15, 0.2) is 0 Å². The number of nitro groups is 1. The van der Waals surface area contributed by atoms with Crippen LogP contribution < -0.4 is 5.32 Å². The lowest BCUT2D eigenvalue weighted by Gasteiger charge is -2.12. The number of nitrogens with zero attached hydrogens (tertiary/aromatic N) is 1. The van der Waals surface area contributed by atoms with Crippen LogP contribution in [0.5, 0.6) is 0 Å². The molecule has 5 heteroatoms. The molecule has 1 aromatic carbocycles. The van der Waals surface area contributed by atoms with E-state index >= 15 is 0 Å². The molecule has 1 atom stereocenters. The number of carbonyl (C=O) groups is 1. The third kappa shape index (κ3) is 9.03. The van der Waals surface area contributed by atoms with E-state index in [1.165, 1.54) is 56.7 Å². The summed E-state index contributed by atoms with van der Waals surface area (Å²) in [6.07, 6.45) is 12.6. The first kappa shape index (κ1) is 20.9. The van der Waals surface area contributed by atoms with Gasteiger partial charge in [-0.3, -0.25) is 14.9 Å². The minimum absolute atomic E-state index is 0.00247. The monoisotopic (exact) mass is 346 g/mol.